The molecule has 2 amide bonds. The molecular formula is C39H50N6O5S. The van der Waals surface area contributed by atoms with Crippen molar-refractivity contribution in [2.75, 3.05) is 37.5 Å². The Balaban J connectivity index is 1.31. The number of fused-ring (bicyclic) bond motifs is 5. The highest BCUT2D eigenvalue weighted by Crippen LogP contribution is 2.51. The number of hydrogen-bond acceptors (Lipinski definition) is 10. The Morgan fingerprint density at radius 3 is 2.78 bits per heavy atom. The predicted molar refractivity (Wildman–Crippen MR) is 199 cm³/mol. The molecule has 0 radical (unpaired) electrons. The van der Waals surface area contributed by atoms with E-state index in [0.29, 0.717) is 37.5 Å². The highest BCUT2D eigenvalue weighted by molar-refractivity contribution is 8.00. The second kappa shape index (κ2) is 14.4. The number of thioether (sulfide) groups is 1. The second-order valence-corrected chi connectivity index (χ2v) is 16.4. The number of cyclic esters (lactones) is 1. The Labute approximate surface area is 305 Å². The van der Waals surface area contributed by atoms with Gasteiger partial charge < -0.3 is 19.7 Å². The number of ether oxygens (including phenoxy) is 2. The molecule has 2 aromatic rings. The van der Waals surface area contributed by atoms with Crippen LogP contribution in [0.4, 0.5) is 5.69 Å². The number of hydrazine groups is 1. The number of nitrogens with zero attached hydrogens (tertiary/aromatic N) is 4. The number of rotatable bonds is 6. The van der Waals surface area contributed by atoms with Crippen molar-refractivity contribution in [2.45, 2.75) is 89.9 Å². The summed E-state index contributed by atoms with van der Waals surface area (Å²) in [6, 6.07) is 9.14. The maximum Gasteiger partial charge on any atom is 0.324 e. The number of aliphatic imine (C=N–C) groups is 1. The number of amides is 2. The lowest BCUT2D eigenvalue weighted by atomic mass is 9.85. The van der Waals surface area contributed by atoms with Gasteiger partial charge in [0.15, 0.2) is 0 Å². The van der Waals surface area contributed by atoms with Crippen LogP contribution in [0.5, 0.6) is 0 Å². The van der Waals surface area contributed by atoms with Gasteiger partial charge in [0.05, 0.1) is 35.5 Å². The molecule has 2 unspecified atom stereocenters. The number of hydrogen-bond donors (Lipinski definition) is 2. The van der Waals surface area contributed by atoms with Gasteiger partial charge in [-0.15, -0.1) is 11.8 Å². The topological polar surface area (TPSA) is 125 Å². The maximum atomic E-state index is 14.0. The summed E-state index contributed by atoms with van der Waals surface area (Å²) >= 11 is 1.69. The van der Waals surface area contributed by atoms with Crippen LogP contribution in [0, 0.1) is 17.3 Å². The van der Waals surface area contributed by atoms with Crippen molar-refractivity contribution in [3.63, 3.8) is 0 Å². The van der Waals surface area contributed by atoms with E-state index in [2.05, 4.69) is 73.7 Å². The minimum atomic E-state index is -0.761. The smallest absolute Gasteiger partial charge is 0.324 e. The molecule has 2 fully saturated rings. The number of methoxy groups -OCH3 is 1. The Hall–Kier alpha value is -3.74. The minimum Gasteiger partial charge on any atom is -0.464 e. The van der Waals surface area contributed by atoms with E-state index in [4.69, 9.17) is 19.5 Å². The van der Waals surface area contributed by atoms with Gasteiger partial charge in [-0.2, -0.15) is 0 Å². The van der Waals surface area contributed by atoms with E-state index in [1.807, 2.05) is 19.2 Å². The second-order valence-electron chi connectivity index (χ2n) is 15.2. The van der Waals surface area contributed by atoms with Crippen molar-refractivity contribution in [1.29, 1.82) is 0 Å². The Bertz CT molecular complexity index is 1760. The molecule has 4 aliphatic heterocycles. The van der Waals surface area contributed by atoms with E-state index in [9.17, 15) is 14.4 Å². The van der Waals surface area contributed by atoms with Crippen molar-refractivity contribution < 1.29 is 23.9 Å². The van der Waals surface area contributed by atoms with Crippen molar-refractivity contribution in [3.8, 4) is 0 Å². The quantitative estimate of drug-likeness (QED) is 0.388. The highest BCUT2D eigenvalue weighted by atomic mass is 32.2. The van der Waals surface area contributed by atoms with Crippen molar-refractivity contribution in [3.05, 3.63) is 65.0 Å². The molecule has 1 aromatic heterocycles. The van der Waals surface area contributed by atoms with Gasteiger partial charge in [-0.25, -0.2) is 5.43 Å². The lowest BCUT2D eigenvalue weighted by Crippen LogP contribution is -2.60. The Morgan fingerprint density at radius 2 is 2.04 bits per heavy atom. The van der Waals surface area contributed by atoms with Gasteiger partial charge in [0, 0.05) is 66.7 Å². The first-order valence-corrected chi connectivity index (χ1v) is 19.4. The fourth-order valence-corrected chi connectivity index (χ4v) is 8.95. The molecule has 51 heavy (non-hydrogen) atoms. The summed E-state index contributed by atoms with van der Waals surface area (Å²) in [5, 5.41) is 4.38. The normalized spacial score (nSPS) is 30.4. The van der Waals surface area contributed by atoms with E-state index >= 15 is 0 Å². The van der Waals surface area contributed by atoms with Crippen molar-refractivity contribution in [1.82, 2.24) is 20.7 Å². The summed E-state index contributed by atoms with van der Waals surface area (Å²) in [7, 11) is 1.71. The lowest BCUT2D eigenvalue weighted by molar-refractivity contribution is -0.154. The number of esters is 1. The van der Waals surface area contributed by atoms with E-state index in [1.54, 1.807) is 18.9 Å². The summed E-state index contributed by atoms with van der Waals surface area (Å²) in [4.78, 5) is 53.1. The van der Waals surface area contributed by atoms with E-state index in [1.165, 1.54) is 5.01 Å². The molecule has 12 heteroatoms. The number of aromatic nitrogens is 1. The number of pyridine rings is 1. The van der Waals surface area contributed by atoms with Crippen LogP contribution >= 0.6 is 11.8 Å². The van der Waals surface area contributed by atoms with Crippen LogP contribution in [0.1, 0.15) is 94.8 Å². The molecule has 5 aliphatic rings. The minimum absolute atomic E-state index is 0.0674. The lowest BCUT2D eigenvalue weighted by Gasteiger charge is -2.35. The van der Waals surface area contributed by atoms with Gasteiger partial charge >= 0.3 is 5.97 Å². The summed E-state index contributed by atoms with van der Waals surface area (Å²) in [5.41, 5.74) is 9.96. The molecular weight excluding hydrogens is 665 g/mol. The summed E-state index contributed by atoms with van der Waals surface area (Å²) in [6.07, 6.45) is 6.26. The molecule has 272 valence electrons. The van der Waals surface area contributed by atoms with Gasteiger partial charge in [0.25, 0.3) is 5.91 Å². The molecule has 1 saturated heterocycles. The summed E-state index contributed by atoms with van der Waals surface area (Å²) < 4.78 is 11.8. The van der Waals surface area contributed by atoms with Crippen LogP contribution < -0.4 is 15.6 Å². The van der Waals surface area contributed by atoms with Gasteiger partial charge in [-0.1, -0.05) is 39.0 Å². The third kappa shape index (κ3) is 7.19. The molecule has 7 atom stereocenters. The SMILES string of the molecule is CCN1c2ccc3cc2/C(=C\C(C)(C)COC(=O)[C@@H]2CCCN(N2)C(=O)[C@@H](NC(=O)[C@H]2C[C@@H]2C)CC2N=C3CS2)C1c1cccnc1[C@H](C)OC. The van der Waals surface area contributed by atoms with Crippen LogP contribution in [-0.2, 0) is 23.9 Å². The Kier molecular flexibility index (Phi) is 10.0. The monoisotopic (exact) mass is 714 g/mol. The summed E-state index contributed by atoms with van der Waals surface area (Å²) in [6.45, 7) is 11.8. The highest BCUT2D eigenvalue weighted by Gasteiger charge is 2.43. The molecule has 5 heterocycles. The third-order valence-electron chi connectivity index (χ3n) is 10.9. The average Bonchev–Trinajstić information content (AvgIpc) is 3.56. The number of anilines is 1. The zero-order chi connectivity index (χ0) is 36.0. The number of carbonyl (C=O) groups is 3. The third-order valence-corrected chi connectivity index (χ3v) is 12.0. The molecule has 1 aliphatic carbocycles. The van der Waals surface area contributed by atoms with Crippen LogP contribution in [0.15, 0.2) is 47.6 Å². The van der Waals surface area contributed by atoms with Gasteiger partial charge in [-0.3, -0.25) is 29.4 Å². The van der Waals surface area contributed by atoms with E-state index in [0.717, 1.165) is 52.3 Å². The molecule has 0 spiro atoms. The fourth-order valence-electron chi connectivity index (χ4n) is 7.82. The number of likely N-dealkylation sites (N-methyl/N-ethyl adjacent to an activating group) is 1. The molecule has 2 N–H and O–H groups in total. The van der Waals surface area contributed by atoms with Gasteiger partial charge in [-0.05, 0) is 68.4 Å². The van der Waals surface area contributed by atoms with E-state index in [-0.39, 0.29) is 41.9 Å². The first-order valence-electron chi connectivity index (χ1n) is 18.3. The molecule has 6 bridgehead atoms. The molecule has 1 saturated carbocycles. The number of nitrogens with one attached hydrogen (secondary N) is 2. The van der Waals surface area contributed by atoms with Crippen LogP contribution in [-0.4, -0.2) is 83.5 Å². The first-order chi connectivity index (χ1) is 24.5. The number of benzene rings is 1. The van der Waals surface area contributed by atoms with Crippen molar-refractivity contribution in [2.24, 2.45) is 22.2 Å². The molecule has 7 rings (SSSR count). The molecule has 1 aromatic carbocycles. The standard InChI is InChI=1S/C39H50N6O5S/c1-7-44-32-13-12-24-17-27(32)28(35(44)25-10-8-14-40-34(25)23(3)49-6)19-39(4,5)21-50-38(48)29-11-9-15-45(43-29)37(47)30(18-33-41-31(24)20-51-33)42-36(46)26-16-22(26)2/h8,10,12-14,17,19,22-23,26,29-30,33,35,43H,7,9,11,15-16,18,20-21H2,1-6H3,(H,42,46)/b28-19+/t22-,23-,26-,29-,30-,33?,35?/m0/s1. The summed E-state index contributed by atoms with van der Waals surface area (Å²) in [5.74, 6) is 0.229. The van der Waals surface area contributed by atoms with Gasteiger partial charge in [0.2, 0.25) is 5.91 Å². The number of carbonyl (C=O) groups excluding carboxylic acids is 3. The maximum absolute atomic E-state index is 14.0. The van der Waals surface area contributed by atoms with Crippen molar-refractivity contribution >= 4 is 46.5 Å². The zero-order valence-electron chi connectivity index (χ0n) is 30.5. The largest absolute Gasteiger partial charge is 0.464 e. The van der Waals surface area contributed by atoms with Crippen LogP contribution in [0.25, 0.3) is 5.57 Å². The Morgan fingerprint density at radius 1 is 1.24 bits per heavy atom. The zero-order valence-corrected chi connectivity index (χ0v) is 31.3. The fraction of sp³-hybridized carbons (Fsp3) is 0.564. The molecule has 11 nitrogen and oxygen atoms in total. The van der Waals surface area contributed by atoms with Crippen LogP contribution in [0.2, 0.25) is 0 Å². The van der Waals surface area contributed by atoms with Crippen LogP contribution in [0.3, 0.4) is 0 Å². The van der Waals surface area contributed by atoms with Gasteiger partial charge in [0.1, 0.15) is 12.1 Å². The predicted octanol–water partition coefficient (Wildman–Crippen LogP) is 5.23. The first kappa shape index (κ1) is 35.7. The average molecular weight is 715 g/mol. The van der Waals surface area contributed by atoms with E-state index < -0.39 is 23.5 Å².